The van der Waals surface area contributed by atoms with E-state index in [9.17, 15) is 13.2 Å². The monoisotopic (exact) mass is 423 g/mol. The molecule has 0 aliphatic heterocycles. The molecule has 2 N–H and O–H groups in total. The zero-order valence-corrected chi connectivity index (χ0v) is 18.4. The number of carbonyl (C=O) groups is 1. The number of sulfonamides is 1. The number of hydrogen-bond donors (Lipinski definition) is 2. The Hall–Kier alpha value is -2.39. The van der Waals surface area contributed by atoms with Crippen LogP contribution in [0.1, 0.15) is 41.0 Å². The molecular formula is C20H29N3O5S. The molecule has 0 saturated carbocycles. The van der Waals surface area contributed by atoms with Gasteiger partial charge in [0.1, 0.15) is 16.3 Å². The van der Waals surface area contributed by atoms with Crippen molar-refractivity contribution in [2.24, 2.45) is 0 Å². The van der Waals surface area contributed by atoms with E-state index in [2.05, 4.69) is 28.2 Å². The fraction of sp³-hybridized carbons (Fsp3) is 0.500. The lowest BCUT2D eigenvalue weighted by Gasteiger charge is -2.12. The van der Waals surface area contributed by atoms with Crippen molar-refractivity contribution in [1.29, 1.82) is 0 Å². The molecule has 1 heterocycles. The molecule has 0 bridgehead atoms. The van der Waals surface area contributed by atoms with Gasteiger partial charge in [-0.2, -0.15) is 0 Å². The molecule has 0 fully saturated rings. The maximum atomic E-state index is 12.3. The minimum absolute atomic E-state index is 0.00348. The van der Waals surface area contributed by atoms with E-state index in [0.717, 1.165) is 16.9 Å². The van der Waals surface area contributed by atoms with Crippen LogP contribution in [0.15, 0.2) is 21.6 Å². The summed E-state index contributed by atoms with van der Waals surface area (Å²) < 4.78 is 37.6. The van der Waals surface area contributed by atoms with E-state index in [4.69, 9.17) is 9.26 Å². The lowest BCUT2D eigenvalue weighted by molar-refractivity contribution is -0.120. The second-order valence-corrected chi connectivity index (χ2v) is 8.76. The van der Waals surface area contributed by atoms with Crippen LogP contribution in [0.4, 0.5) is 0 Å². The summed E-state index contributed by atoms with van der Waals surface area (Å²) in [5, 5.41) is 6.40. The summed E-state index contributed by atoms with van der Waals surface area (Å²) in [6, 6.07) is 4.12. The number of rotatable bonds is 10. The van der Waals surface area contributed by atoms with Crippen LogP contribution in [-0.4, -0.2) is 39.2 Å². The third-order valence-corrected chi connectivity index (χ3v) is 6.25. The molecule has 0 unspecified atom stereocenters. The molecule has 0 aliphatic rings. The zero-order chi connectivity index (χ0) is 21.6. The molecule has 1 aromatic carbocycles. The lowest BCUT2D eigenvalue weighted by atomic mass is 10.1. The number of carbonyl (C=O) groups excluding carboxylic acids is 1. The molecule has 0 atom stereocenters. The highest BCUT2D eigenvalue weighted by Gasteiger charge is 2.23. The first-order valence-electron chi connectivity index (χ1n) is 9.51. The maximum Gasteiger partial charge on any atom is 0.245 e. The van der Waals surface area contributed by atoms with Gasteiger partial charge in [0.25, 0.3) is 0 Å². The first-order valence-corrected chi connectivity index (χ1v) is 11.0. The highest BCUT2D eigenvalue weighted by Crippen LogP contribution is 2.23. The molecule has 0 radical (unpaired) electrons. The van der Waals surface area contributed by atoms with Gasteiger partial charge in [0, 0.05) is 19.5 Å². The van der Waals surface area contributed by atoms with Crippen molar-refractivity contribution in [3.8, 4) is 5.75 Å². The Bertz CT molecular complexity index is 947. The fourth-order valence-corrected chi connectivity index (χ4v) is 4.31. The molecule has 2 rings (SSSR count). The molecule has 0 saturated heterocycles. The second kappa shape index (κ2) is 9.89. The number of aryl methyl sites for hydroxylation is 4. The van der Waals surface area contributed by atoms with Crippen LogP contribution in [0.5, 0.6) is 5.75 Å². The minimum atomic E-state index is -3.75. The van der Waals surface area contributed by atoms with Gasteiger partial charge in [-0.3, -0.25) is 4.79 Å². The molecule has 0 spiro atoms. The van der Waals surface area contributed by atoms with Gasteiger partial charge in [0.15, 0.2) is 5.76 Å². The number of ether oxygens (including phenoxy) is 1. The van der Waals surface area contributed by atoms with Crippen LogP contribution < -0.4 is 14.8 Å². The van der Waals surface area contributed by atoms with Crippen molar-refractivity contribution in [3.05, 3.63) is 40.3 Å². The van der Waals surface area contributed by atoms with Crippen molar-refractivity contribution in [2.45, 2.75) is 52.4 Å². The molecule has 1 amide bonds. The number of nitrogens with one attached hydrogen (secondary N) is 2. The second-order valence-electron chi connectivity index (χ2n) is 7.06. The zero-order valence-electron chi connectivity index (χ0n) is 17.6. The van der Waals surface area contributed by atoms with E-state index in [1.807, 2.05) is 19.9 Å². The first-order chi connectivity index (χ1) is 13.6. The summed E-state index contributed by atoms with van der Waals surface area (Å²) in [5.74, 6) is 0.857. The Balaban J connectivity index is 1.68. The first kappa shape index (κ1) is 22.9. The molecule has 8 nitrogen and oxygen atoms in total. The van der Waals surface area contributed by atoms with Crippen molar-refractivity contribution in [3.63, 3.8) is 0 Å². The smallest absolute Gasteiger partial charge is 0.245 e. The largest absolute Gasteiger partial charge is 0.493 e. The predicted molar refractivity (Wildman–Crippen MR) is 110 cm³/mol. The number of amides is 1. The van der Waals surface area contributed by atoms with Crippen molar-refractivity contribution in [1.82, 2.24) is 15.2 Å². The molecule has 1 aromatic heterocycles. The summed E-state index contributed by atoms with van der Waals surface area (Å²) in [6.07, 6.45) is 0.697. The molecular weight excluding hydrogens is 394 g/mol. The normalized spacial score (nSPS) is 11.5. The number of aromatic nitrogens is 1. The summed E-state index contributed by atoms with van der Waals surface area (Å²) >= 11 is 0. The number of benzene rings is 1. The predicted octanol–water partition coefficient (Wildman–Crippen LogP) is 2.47. The summed E-state index contributed by atoms with van der Waals surface area (Å²) in [5.41, 5.74) is 3.74. The Labute approximate surface area is 172 Å². The van der Waals surface area contributed by atoms with Gasteiger partial charge in [-0.25, -0.2) is 13.1 Å². The minimum Gasteiger partial charge on any atom is -0.493 e. The highest BCUT2D eigenvalue weighted by molar-refractivity contribution is 7.89. The average molecular weight is 424 g/mol. The lowest BCUT2D eigenvalue weighted by Crippen LogP contribution is -2.32. The van der Waals surface area contributed by atoms with Gasteiger partial charge in [-0.15, -0.1) is 0 Å². The molecule has 9 heteroatoms. The van der Waals surface area contributed by atoms with Crippen molar-refractivity contribution < 1.29 is 22.5 Å². The van der Waals surface area contributed by atoms with Gasteiger partial charge in [0.05, 0.1) is 6.61 Å². The van der Waals surface area contributed by atoms with Gasteiger partial charge < -0.3 is 14.6 Å². The van der Waals surface area contributed by atoms with Crippen LogP contribution in [0.25, 0.3) is 0 Å². The van der Waals surface area contributed by atoms with E-state index >= 15 is 0 Å². The van der Waals surface area contributed by atoms with E-state index in [1.54, 1.807) is 6.92 Å². The molecule has 0 aliphatic carbocycles. The third kappa shape index (κ3) is 6.30. The van der Waals surface area contributed by atoms with Crippen LogP contribution in [0, 0.1) is 34.6 Å². The van der Waals surface area contributed by atoms with E-state index in [1.165, 1.54) is 12.5 Å². The molecule has 2 aromatic rings. The summed E-state index contributed by atoms with van der Waals surface area (Å²) in [6.45, 7) is 10.1. The Morgan fingerprint density at radius 2 is 1.86 bits per heavy atom. The van der Waals surface area contributed by atoms with Crippen LogP contribution in [0.3, 0.4) is 0 Å². The van der Waals surface area contributed by atoms with Gasteiger partial charge >= 0.3 is 0 Å². The molecule has 29 heavy (non-hydrogen) atoms. The van der Waals surface area contributed by atoms with Gasteiger partial charge in [0.2, 0.25) is 15.9 Å². The van der Waals surface area contributed by atoms with Gasteiger partial charge in [-0.1, -0.05) is 11.2 Å². The van der Waals surface area contributed by atoms with Crippen LogP contribution >= 0.6 is 0 Å². The Kier molecular flexibility index (Phi) is 7.80. The average Bonchev–Trinajstić information content (AvgIpc) is 2.97. The van der Waals surface area contributed by atoms with E-state index in [0.29, 0.717) is 25.3 Å². The Morgan fingerprint density at radius 1 is 1.14 bits per heavy atom. The SMILES string of the molecule is Cc1cc(C)c(C)c(OCCCNC(=O)CCNS(=O)(=O)c2c(C)noc2C)c1. The van der Waals surface area contributed by atoms with Gasteiger partial charge in [-0.05, 0) is 63.8 Å². The van der Waals surface area contributed by atoms with E-state index < -0.39 is 10.0 Å². The van der Waals surface area contributed by atoms with E-state index in [-0.39, 0.29) is 29.5 Å². The quantitative estimate of drug-likeness (QED) is 0.568. The van der Waals surface area contributed by atoms with Crippen LogP contribution in [0.2, 0.25) is 0 Å². The highest BCUT2D eigenvalue weighted by atomic mass is 32.2. The summed E-state index contributed by atoms with van der Waals surface area (Å²) in [4.78, 5) is 11.9. The number of nitrogens with zero attached hydrogens (tertiary/aromatic N) is 1. The van der Waals surface area contributed by atoms with Crippen LogP contribution in [-0.2, 0) is 14.8 Å². The standard InChI is InChI=1S/C20H29N3O5S/c1-13-11-14(2)15(3)18(12-13)27-10-6-8-21-19(24)7-9-22-29(25,26)20-16(4)23-28-17(20)5/h11-12,22H,6-10H2,1-5H3,(H,21,24). The molecule has 160 valence electrons. The van der Waals surface area contributed by atoms with Crippen molar-refractivity contribution >= 4 is 15.9 Å². The third-order valence-electron chi connectivity index (χ3n) is 4.55. The number of hydrogen-bond acceptors (Lipinski definition) is 6. The topological polar surface area (TPSA) is 111 Å². The maximum absolute atomic E-state index is 12.3. The fourth-order valence-electron chi connectivity index (χ4n) is 2.95. The van der Waals surface area contributed by atoms with Crippen molar-refractivity contribution in [2.75, 3.05) is 19.7 Å². The Morgan fingerprint density at radius 3 is 2.52 bits per heavy atom. The summed E-state index contributed by atoms with van der Waals surface area (Å²) in [7, 11) is -3.75.